The van der Waals surface area contributed by atoms with Crippen LogP contribution in [0.1, 0.15) is 32.8 Å². The Hall–Kier alpha value is -0.640. The molecule has 19 heavy (non-hydrogen) atoms. The molecule has 1 aromatic carbocycles. The van der Waals surface area contributed by atoms with Crippen LogP contribution in [-0.2, 0) is 6.54 Å². The fourth-order valence-electron chi connectivity index (χ4n) is 2.51. The van der Waals surface area contributed by atoms with E-state index in [2.05, 4.69) is 31.0 Å². The Morgan fingerprint density at radius 3 is 2.89 bits per heavy atom. The standard InChI is InChI=1S/C15H22ClFN2/c1-4-13-9-19(15(2,3)10-18-13)8-11-7-12(16)5-6-14(11)17/h5-7,13,18H,4,8-10H2,1-3H3. The van der Waals surface area contributed by atoms with Crippen molar-refractivity contribution in [3.8, 4) is 0 Å². The van der Waals surface area contributed by atoms with Crippen molar-refractivity contribution in [3.05, 3.63) is 34.6 Å². The predicted molar refractivity (Wildman–Crippen MR) is 78.0 cm³/mol. The Balaban J connectivity index is 2.17. The quantitative estimate of drug-likeness (QED) is 0.915. The Labute approximate surface area is 119 Å². The first-order chi connectivity index (χ1) is 8.92. The third kappa shape index (κ3) is 3.47. The molecule has 0 radical (unpaired) electrons. The number of hydrogen-bond acceptors (Lipinski definition) is 2. The van der Waals surface area contributed by atoms with E-state index in [-0.39, 0.29) is 11.4 Å². The van der Waals surface area contributed by atoms with Crippen molar-refractivity contribution < 1.29 is 4.39 Å². The summed E-state index contributed by atoms with van der Waals surface area (Å²) in [4.78, 5) is 2.34. The molecule has 4 heteroatoms. The Kier molecular flexibility index (Phi) is 4.49. The molecule has 2 rings (SSSR count). The molecule has 2 nitrogen and oxygen atoms in total. The molecular weight excluding hydrogens is 263 g/mol. The fraction of sp³-hybridized carbons (Fsp3) is 0.600. The molecule has 0 bridgehead atoms. The van der Waals surface area contributed by atoms with Crippen molar-refractivity contribution in [2.24, 2.45) is 0 Å². The van der Waals surface area contributed by atoms with Gasteiger partial charge in [0.05, 0.1) is 0 Å². The number of nitrogens with one attached hydrogen (secondary N) is 1. The molecule has 1 aliphatic heterocycles. The number of nitrogens with zero attached hydrogens (tertiary/aromatic N) is 1. The van der Waals surface area contributed by atoms with E-state index in [9.17, 15) is 4.39 Å². The highest BCUT2D eigenvalue weighted by Gasteiger charge is 2.33. The lowest BCUT2D eigenvalue weighted by Crippen LogP contribution is -2.61. The SMILES string of the molecule is CCC1CN(Cc2cc(Cl)ccc2F)C(C)(C)CN1. The molecule has 0 aliphatic carbocycles. The van der Waals surface area contributed by atoms with Gasteiger partial charge in [-0.15, -0.1) is 0 Å². The molecule has 0 amide bonds. The lowest BCUT2D eigenvalue weighted by molar-refractivity contribution is 0.0567. The first-order valence-electron chi connectivity index (χ1n) is 6.84. The maximum absolute atomic E-state index is 13.9. The lowest BCUT2D eigenvalue weighted by atomic mass is 9.95. The zero-order chi connectivity index (χ0) is 14.0. The van der Waals surface area contributed by atoms with Gasteiger partial charge in [0.2, 0.25) is 0 Å². The van der Waals surface area contributed by atoms with Crippen LogP contribution < -0.4 is 5.32 Å². The maximum atomic E-state index is 13.9. The van der Waals surface area contributed by atoms with Crippen LogP contribution in [0.25, 0.3) is 0 Å². The number of halogens is 2. The lowest BCUT2D eigenvalue weighted by Gasteiger charge is -2.46. The molecule has 0 aromatic heterocycles. The molecule has 1 N–H and O–H groups in total. The summed E-state index contributed by atoms with van der Waals surface area (Å²) in [6.45, 7) is 9.03. The molecule has 1 fully saturated rings. The largest absolute Gasteiger partial charge is 0.311 e. The maximum Gasteiger partial charge on any atom is 0.127 e. The van der Waals surface area contributed by atoms with E-state index in [4.69, 9.17) is 11.6 Å². The van der Waals surface area contributed by atoms with Gasteiger partial charge in [-0.2, -0.15) is 0 Å². The molecule has 1 unspecified atom stereocenters. The van der Waals surface area contributed by atoms with Crippen LogP contribution in [0.3, 0.4) is 0 Å². The van der Waals surface area contributed by atoms with Crippen LogP contribution in [0.2, 0.25) is 5.02 Å². The second-order valence-corrected chi connectivity index (χ2v) is 6.35. The third-order valence-corrected chi connectivity index (χ3v) is 4.22. The Bertz CT molecular complexity index is 448. The highest BCUT2D eigenvalue weighted by molar-refractivity contribution is 6.30. The first kappa shape index (κ1) is 14.8. The van der Waals surface area contributed by atoms with Gasteiger partial charge in [0.15, 0.2) is 0 Å². The first-order valence-corrected chi connectivity index (χ1v) is 7.22. The van der Waals surface area contributed by atoms with Crippen molar-refractivity contribution in [2.75, 3.05) is 13.1 Å². The summed E-state index contributed by atoms with van der Waals surface area (Å²) >= 11 is 5.96. The molecule has 0 spiro atoms. The molecule has 1 aromatic rings. The average Bonchev–Trinajstić information content (AvgIpc) is 2.36. The number of piperazine rings is 1. The molecule has 106 valence electrons. The van der Waals surface area contributed by atoms with Gasteiger partial charge in [-0.25, -0.2) is 4.39 Å². The van der Waals surface area contributed by atoms with Crippen LogP contribution in [0.4, 0.5) is 4.39 Å². The van der Waals surface area contributed by atoms with Crippen molar-refractivity contribution >= 4 is 11.6 Å². The van der Waals surface area contributed by atoms with Crippen molar-refractivity contribution in [2.45, 2.75) is 45.3 Å². The second-order valence-electron chi connectivity index (χ2n) is 5.91. The Morgan fingerprint density at radius 1 is 1.47 bits per heavy atom. The van der Waals surface area contributed by atoms with Gasteiger partial charge in [-0.1, -0.05) is 18.5 Å². The molecule has 1 saturated heterocycles. The van der Waals surface area contributed by atoms with E-state index in [1.165, 1.54) is 6.07 Å². The summed E-state index contributed by atoms with van der Waals surface area (Å²) in [6.07, 6.45) is 1.09. The zero-order valence-corrected chi connectivity index (χ0v) is 12.6. The normalized spacial score (nSPS) is 23.5. The van der Waals surface area contributed by atoms with Crippen LogP contribution in [-0.4, -0.2) is 29.6 Å². The zero-order valence-electron chi connectivity index (χ0n) is 11.8. The van der Waals surface area contributed by atoms with Gasteiger partial charge in [0.25, 0.3) is 0 Å². The smallest absolute Gasteiger partial charge is 0.127 e. The average molecular weight is 285 g/mol. The predicted octanol–water partition coefficient (Wildman–Crippen LogP) is 3.44. The minimum absolute atomic E-state index is 0.0282. The van der Waals surface area contributed by atoms with E-state index < -0.39 is 0 Å². The Morgan fingerprint density at radius 2 is 2.21 bits per heavy atom. The van der Waals surface area contributed by atoms with Gasteiger partial charge in [0.1, 0.15) is 5.82 Å². The molecule has 1 aliphatic rings. The topological polar surface area (TPSA) is 15.3 Å². The minimum atomic E-state index is -0.174. The van der Waals surface area contributed by atoms with Crippen LogP contribution in [0, 0.1) is 5.82 Å². The number of hydrogen-bond donors (Lipinski definition) is 1. The van der Waals surface area contributed by atoms with E-state index in [1.807, 2.05) is 0 Å². The van der Waals surface area contributed by atoms with E-state index >= 15 is 0 Å². The molecule has 1 atom stereocenters. The summed E-state index contributed by atoms with van der Waals surface area (Å²) in [5.41, 5.74) is 0.706. The number of rotatable bonds is 3. The summed E-state index contributed by atoms with van der Waals surface area (Å²) in [7, 11) is 0. The van der Waals surface area contributed by atoms with Crippen LogP contribution in [0.5, 0.6) is 0 Å². The van der Waals surface area contributed by atoms with Gasteiger partial charge >= 0.3 is 0 Å². The molecular formula is C15H22ClFN2. The van der Waals surface area contributed by atoms with E-state index in [1.54, 1.807) is 12.1 Å². The molecule has 1 heterocycles. The van der Waals surface area contributed by atoms with Crippen LogP contribution in [0.15, 0.2) is 18.2 Å². The third-order valence-electron chi connectivity index (χ3n) is 3.98. The summed E-state index contributed by atoms with van der Waals surface area (Å²) in [6, 6.07) is 5.26. The van der Waals surface area contributed by atoms with Gasteiger partial charge in [-0.05, 0) is 38.5 Å². The highest BCUT2D eigenvalue weighted by Crippen LogP contribution is 2.24. The van der Waals surface area contributed by atoms with Gasteiger partial charge in [-0.3, -0.25) is 4.90 Å². The second kappa shape index (κ2) is 5.78. The summed E-state index contributed by atoms with van der Waals surface area (Å²) < 4.78 is 13.9. The van der Waals surface area contributed by atoms with Crippen molar-refractivity contribution in [1.29, 1.82) is 0 Å². The van der Waals surface area contributed by atoms with Crippen molar-refractivity contribution in [1.82, 2.24) is 10.2 Å². The van der Waals surface area contributed by atoms with E-state index in [0.29, 0.717) is 23.2 Å². The highest BCUT2D eigenvalue weighted by atomic mass is 35.5. The van der Waals surface area contributed by atoms with Crippen LogP contribution >= 0.6 is 11.6 Å². The summed E-state index contributed by atoms with van der Waals surface area (Å²) in [5, 5.41) is 4.13. The minimum Gasteiger partial charge on any atom is -0.311 e. The number of benzene rings is 1. The summed E-state index contributed by atoms with van der Waals surface area (Å²) in [5.74, 6) is -0.174. The van der Waals surface area contributed by atoms with E-state index in [0.717, 1.165) is 19.5 Å². The van der Waals surface area contributed by atoms with Gasteiger partial charge in [0, 0.05) is 41.8 Å². The fourth-order valence-corrected chi connectivity index (χ4v) is 2.70. The van der Waals surface area contributed by atoms with Crippen molar-refractivity contribution in [3.63, 3.8) is 0 Å². The van der Waals surface area contributed by atoms with Gasteiger partial charge < -0.3 is 5.32 Å². The monoisotopic (exact) mass is 284 g/mol. The molecule has 0 saturated carbocycles.